The van der Waals surface area contributed by atoms with Crippen LogP contribution in [0.1, 0.15) is 36.8 Å². The van der Waals surface area contributed by atoms with Crippen LogP contribution in [-0.2, 0) is 11.3 Å². The summed E-state index contributed by atoms with van der Waals surface area (Å²) in [4.78, 5) is 14.0. The van der Waals surface area contributed by atoms with E-state index in [1.54, 1.807) is 13.0 Å². The second-order valence-corrected chi connectivity index (χ2v) is 5.59. The smallest absolute Gasteiger partial charge is 0.136 e. The molecule has 3 rings (SSSR count). The molecule has 0 aromatic heterocycles. The van der Waals surface area contributed by atoms with Gasteiger partial charge in [-0.3, -0.25) is 9.69 Å². The van der Waals surface area contributed by atoms with Crippen molar-refractivity contribution in [3.63, 3.8) is 0 Å². The minimum Gasteiger partial charge on any atom is -0.300 e. The number of Topliss-reactive ketones (excluding diaryl/α,β-unsaturated/α-hetero) is 1. The van der Waals surface area contributed by atoms with E-state index in [4.69, 9.17) is 0 Å². The van der Waals surface area contributed by atoms with Crippen molar-refractivity contribution in [2.24, 2.45) is 0 Å². The van der Waals surface area contributed by atoms with E-state index in [-0.39, 0.29) is 5.82 Å². The number of benzene rings is 1. The van der Waals surface area contributed by atoms with Crippen molar-refractivity contribution >= 4 is 5.78 Å². The van der Waals surface area contributed by atoms with Gasteiger partial charge in [-0.15, -0.1) is 0 Å². The number of aryl methyl sites for hydroxylation is 1. The quantitative estimate of drug-likeness (QED) is 0.801. The fourth-order valence-electron chi connectivity index (χ4n) is 3.34. The number of carbonyl (C=O) groups excluding carboxylic acids is 1. The summed E-state index contributed by atoms with van der Waals surface area (Å²) >= 11 is 0. The molecule has 2 unspecified atom stereocenters. The average molecular weight is 247 g/mol. The summed E-state index contributed by atoms with van der Waals surface area (Å²) in [6.07, 6.45) is 3.68. The Morgan fingerprint density at radius 3 is 2.56 bits per heavy atom. The summed E-state index contributed by atoms with van der Waals surface area (Å²) < 4.78 is 13.2. The Labute approximate surface area is 107 Å². The summed E-state index contributed by atoms with van der Waals surface area (Å²) in [7, 11) is 0. The number of carbonyl (C=O) groups is 1. The van der Waals surface area contributed by atoms with E-state index < -0.39 is 0 Å². The van der Waals surface area contributed by atoms with Crippen molar-refractivity contribution in [2.75, 3.05) is 0 Å². The van der Waals surface area contributed by atoms with E-state index in [0.29, 0.717) is 36.3 Å². The van der Waals surface area contributed by atoms with Crippen LogP contribution in [-0.4, -0.2) is 22.8 Å². The zero-order valence-corrected chi connectivity index (χ0v) is 10.7. The Morgan fingerprint density at radius 1 is 1.28 bits per heavy atom. The number of piperidine rings is 1. The SMILES string of the molecule is Cc1cc(CN2C3CCC2CC(=O)C3)ccc1F. The van der Waals surface area contributed by atoms with Crippen LogP contribution in [0.15, 0.2) is 18.2 Å². The predicted molar refractivity (Wildman–Crippen MR) is 67.7 cm³/mol. The van der Waals surface area contributed by atoms with Gasteiger partial charge in [0.2, 0.25) is 0 Å². The molecular weight excluding hydrogens is 229 g/mol. The maximum atomic E-state index is 13.2. The molecule has 2 aliphatic heterocycles. The van der Waals surface area contributed by atoms with Gasteiger partial charge < -0.3 is 0 Å². The van der Waals surface area contributed by atoms with Crippen molar-refractivity contribution in [1.82, 2.24) is 4.90 Å². The molecule has 2 nitrogen and oxygen atoms in total. The molecule has 1 aromatic carbocycles. The highest BCUT2D eigenvalue weighted by Gasteiger charge is 2.39. The van der Waals surface area contributed by atoms with Crippen LogP contribution in [0.2, 0.25) is 0 Å². The molecule has 2 bridgehead atoms. The fourth-order valence-corrected chi connectivity index (χ4v) is 3.34. The monoisotopic (exact) mass is 247 g/mol. The molecule has 0 radical (unpaired) electrons. The van der Waals surface area contributed by atoms with Crippen LogP contribution in [0, 0.1) is 12.7 Å². The molecule has 0 spiro atoms. The highest BCUT2D eigenvalue weighted by atomic mass is 19.1. The van der Waals surface area contributed by atoms with E-state index in [9.17, 15) is 9.18 Å². The van der Waals surface area contributed by atoms with Crippen molar-refractivity contribution in [1.29, 1.82) is 0 Å². The summed E-state index contributed by atoms with van der Waals surface area (Å²) in [5.41, 5.74) is 1.85. The summed E-state index contributed by atoms with van der Waals surface area (Å²) in [6, 6.07) is 6.16. The van der Waals surface area contributed by atoms with E-state index in [2.05, 4.69) is 4.90 Å². The van der Waals surface area contributed by atoms with Gasteiger partial charge in [-0.2, -0.15) is 0 Å². The molecule has 2 saturated heterocycles. The molecule has 3 heteroatoms. The standard InChI is InChI=1S/C15H18FNO/c1-10-6-11(2-5-15(10)16)9-17-12-3-4-13(17)8-14(18)7-12/h2,5-6,12-13H,3-4,7-9H2,1H3. The third-order valence-corrected chi connectivity index (χ3v) is 4.29. The molecule has 0 saturated carbocycles. The molecule has 2 fully saturated rings. The molecule has 2 aliphatic rings. The van der Waals surface area contributed by atoms with E-state index >= 15 is 0 Å². The van der Waals surface area contributed by atoms with Gasteiger partial charge in [0.15, 0.2) is 0 Å². The third kappa shape index (κ3) is 2.07. The van der Waals surface area contributed by atoms with Crippen LogP contribution in [0.5, 0.6) is 0 Å². The minimum absolute atomic E-state index is 0.143. The lowest BCUT2D eigenvalue weighted by molar-refractivity contribution is -0.123. The first-order chi connectivity index (χ1) is 8.63. The van der Waals surface area contributed by atoms with E-state index in [1.807, 2.05) is 12.1 Å². The number of ketones is 1. The predicted octanol–water partition coefficient (Wildman–Crippen LogP) is 2.83. The maximum Gasteiger partial charge on any atom is 0.136 e. The summed E-state index contributed by atoms with van der Waals surface area (Å²) in [6.45, 7) is 2.65. The summed E-state index contributed by atoms with van der Waals surface area (Å²) in [5.74, 6) is 0.268. The molecule has 18 heavy (non-hydrogen) atoms. The number of rotatable bonds is 2. The number of halogens is 1. The van der Waals surface area contributed by atoms with Gasteiger partial charge in [0.05, 0.1) is 0 Å². The molecule has 1 aromatic rings. The molecular formula is C15H18FNO. The van der Waals surface area contributed by atoms with Crippen LogP contribution in [0.25, 0.3) is 0 Å². The van der Waals surface area contributed by atoms with Crippen LogP contribution in [0.3, 0.4) is 0 Å². The second kappa shape index (κ2) is 4.47. The minimum atomic E-state index is -0.143. The van der Waals surface area contributed by atoms with Crippen LogP contribution < -0.4 is 0 Å². The Morgan fingerprint density at radius 2 is 1.94 bits per heavy atom. The number of fused-ring (bicyclic) bond motifs is 2. The first-order valence-corrected chi connectivity index (χ1v) is 6.66. The topological polar surface area (TPSA) is 20.3 Å². The van der Waals surface area contributed by atoms with Gasteiger partial charge in [0.25, 0.3) is 0 Å². The van der Waals surface area contributed by atoms with Crippen LogP contribution >= 0.6 is 0 Å². The van der Waals surface area contributed by atoms with Gasteiger partial charge in [-0.25, -0.2) is 4.39 Å². The number of hydrogen-bond acceptors (Lipinski definition) is 2. The first kappa shape index (κ1) is 11.8. The Kier molecular flexibility index (Phi) is 2.94. The van der Waals surface area contributed by atoms with E-state index in [0.717, 1.165) is 24.9 Å². The Bertz CT molecular complexity index is 469. The maximum absolute atomic E-state index is 13.2. The van der Waals surface area contributed by atoms with Crippen molar-refractivity contribution in [3.8, 4) is 0 Å². The van der Waals surface area contributed by atoms with Gasteiger partial charge in [-0.1, -0.05) is 12.1 Å². The molecule has 2 heterocycles. The molecule has 0 aliphatic carbocycles. The zero-order valence-electron chi connectivity index (χ0n) is 10.7. The molecule has 2 atom stereocenters. The first-order valence-electron chi connectivity index (χ1n) is 6.66. The van der Waals surface area contributed by atoms with Crippen LogP contribution in [0.4, 0.5) is 4.39 Å². The Balaban J connectivity index is 1.77. The van der Waals surface area contributed by atoms with Crippen molar-refractivity contribution in [2.45, 2.75) is 51.2 Å². The highest BCUT2D eigenvalue weighted by molar-refractivity contribution is 5.80. The number of nitrogens with zero attached hydrogens (tertiary/aromatic N) is 1. The molecule has 0 amide bonds. The largest absolute Gasteiger partial charge is 0.300 e. The Hall–Kier alpha value is -1.22. The lowest BCUT2D eigenvalue weighted by Gasteiger charge is -2.34. The highest BCUT2D eigenvalue weighted by Crippen LogP contribution is 2.35. The van der Waals surface area contributed by atoms with E-state index in [1.165, 1.54) is 0 Å². The lowest BCUT2D eigenvalue weighted by Crippen LogP contribution is -2.42. The number of hydrogen-bond donors (Lipinski definition) is 0. The van der Waals surface area contributed by atoms with Gasteiger partial charge in [-0.05, 0) is 37.0 Å². The lowest BCUT2D eigenvalue weighted by atomic mass is 10.00. The second-order valence-electron chi connectivity index (χ2n) is 5.59. The average Bonchev–Trinajstić information content (AvgIpc) is 2.58. The van der Waals surface area contributed by atoms with Gasteiger partial charge in [0, 0.05) is 31.5 Å². The van der Waals surface area contributed by atoms with Crippen molar-refractivity contribution < 1.29 is 9.18 Å². The van der Waals surface area contributed by atoms with Gasteiger partial charge >= 0.3 is 0 Å². The van der Waals surface area contributed by atoms with Crippen molar-refractivity contribution in [3.05, 3.63) is 35.1 Å². The molecule has 96 valence electrons. The van der Waals surface area contributed by atoms with Gasteiger partial charge in [0.1, 0.15) is 11.6 Å². The third-order valence-electron chi connectivity index (χ3n) is 4.29. The fraction of sp³-hybridized carbons (Fsp3) is 0.533. The zero-order chi connectivity index (χ0) is 12.7. The normalized spacial score (nSPS) is 27.8. The molecule has 0 N–H and O–H groups in total. The summed E-state index contributed by atoms with van der Waals surface area (Å²) in [5, 5.41) is 0.